The average molecular weight is 277 g/mol. The van der Waals surface area contributed by atoms with Gasteiger partial charge in [0, 0.05) is 24.8 Å². The normalized spacial score (nSPS) is 12.1. The van der Waals surface area contributed by atoms with Gasteiger partial charge in [-0.2, -0.15) is 5.10 Å². The van der Waals surface area contributed by atoms with Gasteiger partial charge in [-0.1, -0.05) is 0 Å². The zero-order valence-corrected chi connectivity index (χ0v) is 10.9. The van der Waals surface area contributed by atoms with Crippen LogP contribution in [0.25, 0.3) is 0 Å². The number of hydrogen-bond acceptors (Lipinski definition) is 6. The quantitative estimate of drug-likeness (QED) is 0.706. The number of carbonyl (C=O) groups is 1. The molecule has 0 saturated heterocycles. The van der Waals surface area contributed by atoms with Crippen LogP contribution in [0.4, 0.5) is 5.82 Å². The molecule has 1 unspecified atom stereocenters. The molecule has 2 aromatic heterocycles. The summed E-state index contributed by atoms with van der Waals surface area (Å²) in [5.74, 6) is -0.729. The van der Waals surface area contributed by atoms with Gasteiger partial charge in [0.2, 0.25) is 0 Å². The number of aliphatic hydroxyl groups excluding tert-OH is 1. The fourth-order valence-electron chi connectivity index (χ4n) is 1.57. The summed E-state index contributed by atoms with van der Waals surface area (Å²) >= 11 is 0. The van der Waals surface area contributed by atoms with Crippen molar-refractivity contribution >= 4 is 11.8 Å². The first-order valence-electron chi connectivity index (χ1n) is 6.09. The van der Waals surface area contributed by atoms with Crippen molar-refractivity contribution < 1.29 is 15.0 Å². The first kappa shape index (κ1) is 13.9. The van der Waals surface area contributed by atoms with Crippen LogP contribution < -0.4 is 5.32 Å². The number of nitrogens with one attached hydrogen (secondary N) is 1. The van der Waals surface area contributed by atoms with E-state index in [-0.39, 0.29) is 12.2 Å². The van der Waals surface area contributed by atoms with Crippen LogP contribution in [-0.4, -0.2) is 42.5 Å². The lowest BCUT2D eigenvalue weighted by molar-refractivity contribution is 0.0690. The number of aryl methyl sites for hydroxylation is 1. The fraction of sp³-hybridized carbons (Fsp3) is 0.333. The number of aromatic nitrogens is 4. The Labute approximate surface area is 115 Å². The Morgan fingerprint density at radius 1 is 1.40 bits per heavy atom. The van der Waals surface area contributed by atoms with Crippen molar-refractivity contribution in [2.75, 3.05) is 11.9 Å². The minimum atomic E-state index is -1.13. The third-order valence-electron chi connectivity index (χ3n) is 2.71. The maximum Gasteiger partial charge on any atom is 0.356 e. The van der Waals surface area contributed by atoms with Crippen molar-refractivity contribution in [3.63, 3.8) is 0 Å². The zero-order chi connectivity index (χ0) is 14.5. The van der Waals surface area contributed by atoms with Gasteiger partial charge in [-0.25, -0.2) is 14.8 Å². The molecule has 0 aromatic carbocycles. The molecule has 0 radical (unpaired) electrons. The second kappa shape index (κ2) is 6.11. The molecule has 0 aliphatic carbocycles. The van der Waals surface area contributed by atoms with Gasteiger partial charge in [0.05, 0.1) is 24.7 Å². The third kappa shape index (κ3) is 3.29. The van der Waals surface area contributed by atoms with Crippen LogP contribution in [0.2, 0.25) is 0 Å². The summed E-state index contributed by atoms with van der Waals surface area (Å²) in [6, 6.07) is 0. The van der Waals surface area contributed by atoms with Crippen molar-refractivity contribution in [2.24, 2.45) is 0 Å². The van der Waals surface area contributed by atoms with Crippen LogP contribution >= 0.6 is 0 Å². The molecule has 8 heteroatoms. The van der Waals surface area contributed by atoms with Crippen molar-refractivity contribution in [3.05, 3.63) is 36.0 Å². The monoisotopic (exact) mass is 277 g/mol. The Hall–Kier alpha value is -2.48. The van der Waals surface area contributed by atoms with Crippen LogP contribution in [0.1, 0.15) is 29.1 Å². The largest absolute Gasteiger partial charge is 0.476 e. The molecule has 3 N–H and O–H groups in total. The number of aliphatic hydroxyl groups is 1. The van der Waals surface area contributed by atoms with Crippen LogP contribution in [0.15, 0.2) is 24.8 Å². The maximum absolute atomic E-state index is 10.6. The number of aromatic carboxylic acids is 1. The standard InChI is InChI=1S/C12H15N5O3/c1-2-17-7-8(3-16-17)10(18)5-15-11-6-13-9(4-14-11)12(19)20/h3-4,6-7,10,18H,2,5H2,1H3,(H,14,15)(H,19,20). The Kier molecular flexibility index (Phi) is 4.26. The van der Waals surface area contributed by atoms with E-state index in [1.165, 1.54) is 6.20 Å². The molecular formula is C12H15N5O3. The summed E-state index contributed by atoms with van der Waals surface area (Å²) in [5.41, 5.74) is 0.579. The molecule has 2 heterocycles. The molecule has 0 saturated carbocycles. The molecule has 8 nitrogen and oxygen atoms in total. The SMILES string of the molecule is CCn1cc(C(O)CNc2cnc(C(=O)O)cn2)cn1. The van der Waals surface area contributed by atoms with E-state index in [0.29, 0.717) is 11.4 Å². The van der Waals surface area contributed by atoms with Gasteiger partial charge < -0.3 is 15.5 Å². The molecule has 2 rings (SSSR count). The van der Waals surface area contributed by atoms with Gasteiger partial charge in [0.1, 0.15) is 5.82 Å². The molecule has 0 aliphatic heterocycles. The summed E-state index contributed by atoms with van der Waals surface area (Å²) in [6.07, 6.45) is 5.12. The Bertz CT molecular complexity index is 581. The van der Waals surface area contributed by atoms with Crippen molar-refractivity contribution in [1.82, 2.24) is 19.7 Å². The lowest BCUT2D eigenvalue weighted by Crippen LogP contribution is -2.13. The van der Waals surface area contributed by atoms with E-state index in [2.05, 4.69) is 20.4 Å². The summed E-state index contributed by atoms with van der Waals surface area (Å²) < 4.78 is 1.72. The van der Waals surface area contributed by atoms with Gasteiger partial charge in [-0.05, 0) is 6.92 Å². The Morgan fingerprint density at radius 3 is 2.75 bits per heavy atom. The number of anilines is 1. The molecule has 0 fully saturated rings. The molecule has 0 amide bonds. The maximum atomic E-state index is 10.6. The van der Waals surface area contributed by atoms with Crippen LogP contribution in [-0.2, 0) is 6.54 Å². The van der Waals surface area contributed by atoms with Crippen LogP contribution in [0.5, 0.6) is 0 Å². The number of hydrogen-bond donors (Lipinski definition) is 3. The van der Waals surface area contributed by atoms with Crippen molar-refractivity contribution in [1.29, 1.82) is 0 Å². The van der Waals surface area contributed by atoms with Gasteiger partial charge in [-0.15, -0.1) is 0 Å². The lowest BCUT2D eigenvalue weighted by Gasteiger charge is -2.10. The second-order valence-corrected chi connectivity index (χ2v) is 4.12. The first-order chi connectivity index (χ1) is 9.60. The van der Waals surface area contributed by atoms with Crippen molar-refractivity contribution in [2.45, 2.75) is 19.6 Å². The minimum Gasteiger partial charge on any atom is -0.476 e. The van der Waals surface area contributed by atoms with E-state index >= 15 is 0 Å². The van der Waals surface area contributed by atoms with Crippen LogP contribution in [0.3, 0.4) is 0 Å². The molecule has 1 atom stereocenters. The number of rotatable bonds is 6. The van der Waals surface area contributed by atoms with E-state index in [4.69, 9.17) is 5.11 Å². The summed E-state index contributed by atoms with van der Waals surface area (Å²) in [4.78, 5) is 18.2. The Balaban J connectivity index is 1.92. The average Bonchev–Trinajstić information content (AvgIpc) is 2.94. The first-order valence-corrected chi connectivity index (χ1v) is 6.09. The molecule has 0 aliphatic rings. The second-order valence-electron chi connectivity index (χ2n) is 4.12. The van der Waals surface area contributed by atoms with Gasteiger partial charge >= 0.3 is 5.97 Å². The van der Waals surface area contributed by atoms with E-state index in [0.717, 1.165) is 12.7 Å². The molecule has 2 aromatic rings. The van der Waals surface area contributed by atoms with Gasteiger partial charge in [-0.3, -0.25) is 4.68 Å². The number of carboxylic acid groups (broad SMARTS) is 1. The van der Waals surface area contributed by atoms with E-state index < -0.39 is 12.1 Å². The number of nitrogens with zero attached hydrogens (tertiary/aromatic N) is 4. The summed E-state index contributed by atoms with van der Waals surface area (Å²) in [5, 5.41) is 25.6. The predicted octanol–water partition coefficient (Wildman–Crippen LogP) is 0.537. The highest BCUT2D eigenvalue weighted by molar-refractivity contribution is 5.84. The van der Waals surface area contributed by atoms with Crippen LogP contribution in [0, 0.1) is 0 Å². The molecular weight excluding hydrogens is 262 g/mol. The summed E-state index contributed by atoms with van der Waals surface area (Å²) in [6.45, 7) is 2.93. The molecule has 20 heavy (non-hydrogen) atoms. The van der Waals surface area contributed by atoms with E-state index in [9.17, 15) is 9.90 Å². The van der Waals surface area contributed by atoms with E-state index in [1.807, 2.05) is 6.92 Å². The molecule has 0 spiro atoms. The fourth-order valence-corrected chi connectivity index (χ4v) is 1.57. The Morgan fingerprint density at radius 2 is 2.20 bits per heavy atom. The zero-order valence-electron chi connectivity index (χ0n) is 10.9. The molecule has 106 valence electrons. The predicted molar refractivity (Wildman–Crippen MR) is 70.3 cm³/mol. The highest BCUT2D eigenvalue weighted by Crippen LogP contribution is 2.12. The topological polar surface area (TPSA) is 113 Å². The van der Waals surface area contributed by atoms with Crippen molar-refractivity contribution in [3.8, 4) is 0 Å². The highest BCUT2D eigenvalue weighted by Gasteiger charge is 2.10. The minimum absolute atomic E-state index is 0.125. The smallest absolute Gasteiger partial charge is 0.356 e. The van der Waals surface area contributed by atoms with E-state index in [1.54, 1.807) is 17.1 Å². The van der Waals surface area contributed by atoms with Gasteiger partial charge in [0.25, 0.3) is 0 Å². The third-order valence-corrected chi connectivity index (χ3v) is 2.71. The lowest BCUT2D eigenvalue weighted by atomic mass is 10.2. The number of carboxylic acids is 1. The molecule has 0 bridgehead atoms. The highest BCUT2D eigenvalue weighted by atomic mass is 16.4. The van der Waals surface area contributed by atoms with Gasteiger partial charge in [0.15, 0.2) is 5.69 Å². The summed E-state index contributed by atoms with van der Waals surface area (Å²) in [7, 11) is 0.